The van der Waals surface area contributed by atoms with Gasteiger partial charge in [-0.1, -0.05) is 42.5 Å². The third-order valence-corrected chi connectivity index (χ3v) is 4.41. The number of nitrogens with one attached hydrogen (secondary N) is 1. The van der Waals surface area contributed by atoms with E-state index in [-0.39, 0.29) is 18.4 Å². The fraction of sp³-hybridized carbons (Fsp3) is 0.368. The minimum absolute atomic E-state index is 0. The monoisotopic (exact) mass is 332 g/mol. The zero-order chi connectivity index (χ0) is 15.2. The highest BCUT2D eigenvalue weighted by Crippen LogP contribution is 2.28. The molecule has 23 heavy (non-hydrogen) atoms. The third kappa shape index (κ3) is 4.96. The smallest absolute Gasteiger partial charge is 0.0469 e. The molecule has 3 rings (SSSR count). The summed E-state index contributed by atoms with van der Waals surface area (Å²) in [7, 11) is 0. The molecule has 2 aromatic rings. The zero-order valence-electron chi connectivity index (χ0n) is 13.3. The molecule has 0 aromatic heterocycles. The van der Waals surface area contributed by atoms with Crippen molar-refractivity contribution in [1.82, 2.24) is 0 Å². The topological polar surface area (TPSA) is 47.3 Å². The Kier molecular flexibility index (Phi) is 6.90. The van der Waals surface area contributed by atoms with E-state index < -0.39 is 0 Å². The molecule has 3 nitrogen and oxygen atoms in total. The fourth-order valence-electron chi connectivity index (χ4n) is 2.97. The van der Waals surface area contributed by atoms with Crippen molar-refractivity contribution in [3.05, 3.63) is 65.7 Å². The molecule has 0 bridgehead atoms. The molecule has 124 valence electrons. The van der Waals surface area contributed by atoms with E-state index in [9.17, 15) is 0 Å². The zero-order valence-corrected chi connectivity index (χ0v) is 14.1. The molecule has 1 aliphatic heterocycles. The van der Waals surface area contributed by atoms with Gasteiger partial charge in [0.25, 0.3) is 0 Å². The number of rotatable bonds is 5. The van der Waals surface area contributed by atoms with Crippen molar-refractivity contribution in [2.24, 2.45) is 11.7 Å². The largest absolute Gasteiger partial charge is 0.381 e. The summed E-state index contributed by atoms with van der Waals surface area (Å²) in [6.45, 7) is 2.52. The molecular weight excluding hydrogens is 308 g/mol. The van der Waals surface area contributed by atoms with Crippen molar-refractivity contribution in [3.63, 3.8) is 0 Å². The van der Waals surface area contributed by atoms with E-state index in [1.165, 1.54) is 11.1 Å². The van der Waals surface area contributed by atoms with Gasteiger partial charge in [-0.05, 0) is 42.0 Å². The second-order valence-corrected chi connectivity index (χ2v) is 5.94. The molecule has 1 aliphatic rings. The average molecular weight is 333 g/mol. The van der Waals surface area contributed by atoms with Crippen LogP contribution in [0, 0.1) is 5.92 Å². The molecule has 2 aromatic carbocycles. The average Bonchev–Trinajstić information content (AvgIpc) is 2.61. The van der Waals surface area contributed by atoms with Crippen molar-refractivity contribution in [2.45, 2.75) is 25.4 Å². The Morgan fingerprint density at radius 2 is 1.65 bits per heavy atom. The van der Waals surface area contributed by atoms with Crippen LogP contribution in [0.15, 0.2) is 54.6 Å². The Morgan fingerprint density at radius 1 is 1.00 bits per heavy atom. The number of ether oxygens (including phenoxy) is 1. The first kappa shape index (κ1) is 17.8. The fourth-order valence-corrected chi connectivity index (χ4v) is 2.97. The molecule has 1 atom stereocenters. The van der Waals surface area contributed by atoms with E-state index in [0.717, 1.165) is 38.3 Å². The van der Waals surface area contributed by atoms with Gasteiger partial charge in [-0.2, -0.15) is 0 Å². The first-order chi connectivity index (χ1) is 10.8. The van der Waals surface area contributed by atoms with Gasteiger partial charge in [0.15, 0.2) is 0 Å². The molecule has 0 saturated carbocycles. The lowest BCUT2D eigenvalue weighted by Crippen LogP contribution is -2.27. The molecule has 1 saturated heterocycles. The molecular formula is C19H25ClN2O. The van der Waals surface area contributed by atoms with Gasteiger partial charge in [0.1, 0.15) is 0 Å². The van der Waals surface area contributed by atoms with Gasteiger partial charge in [-0.3, -0.25) is 0 Å². The summed E-state index contributed by atoms with van der Waals surface area (Å²) in [4.78, 5) is 0. The predicted octanol–water partition coefficient (Wildman–Crippen LogP) is 4.15. The first-order valence-corrected chi connectivity index (χ1v) is 8.04. The maximum atomic E-state index is 6.41. The van der Waals surface area contributed by atoms with E-state index in [1.54, 1.807) is 0 Å². The van der Waals surface area contributed by atoms with Crippen LogP contribution in [0.25, 0.3) is 0 Å². The Balaban J connectivity index is 0.00000192. The number of halogens is 1. The number of hydrogen-bond donors (Lipinski definition) is 2. The highest BCUT2D eigenvalue weighted by Gasteiger charge is 2.22. The maximum absolute atomic E-state index is 6.41. The van der Waals surface area contributed by atoms with E-state index in [4.69, 9.17) is 10.5 Å². The summed E-state index contributed by atoms with van der Waals surface area (Å²) in [6.07, 6.45) is 2.13. The van der Waals surface area contributed by atoms with Crippen molar-refractivity contribution in [2.75, 3.05) is 18.5 Å². The van der Waals surface area contributed by atoms with Gasteiger partial charge in [-0.15, -0.1) is 12.4 Å². The van der Waals surface area contributed by atoms with Crippen molar-refractivity contribution < 1.29 is 4.74 Å². The quantitative estimate of drug-likeness (QED) is 0.864. The lowest BCUT2D eigenvalue weighted by Gasteiger charge is -2.28. The summed E-state index contributed by atoms with van der Waals surface area (Å²) in [6, 6.07) is 19.1. The maximum Gasteiger partial charge on any atom is 0.0469 e. The van der Waals surface area contributed by atoms with Crippen molar-refractivity contribution in [1.29, 1.82) is 0 Å². The first-order valence-electron chi connectivity index (χ1n) is 8.04. The second kappa shape index (κ2) is 8.92. The van der Waals surface area contributed by atoms with Crippen molar-refractivity contribution >= 4 is 18.1 Å². The summed E-state index contributed by atoms with van der Waals surface area (Å²) in [5.74, 6) is 0.539. The van der Waals surface area contributed by atoms with Gasteiger partial charge in [-0.25, -0.2) is 0 Å². The number of anilines is 1. The summed E-state index contributed by atoms with van der Waals surface area (Å²) >= 11 is 0. The van der Waals surface area contributed by atoms with Crippen LogP contribution in [0.2, 0.25) is 0 Å². The van der Waals surface area contributed by atoms with Crippen LogP contribution < -0.4 is 11.1 Å². The van der Waals surface area contributed by atoms with E-state index in [0.29, 0.717) is 5.92 Å². The van der Waals surface area contributed by atoms with Crippen LogP contribution in [-0.2, 0) is 11.3 Å². The number of benzene rings is 2. The van der Waals surface area contributed by atoms with E-state index >= 15 is 0 Å². The summed E-state index contributed by atoms with van der Waals surface area (Å²) < 4.78 is 5.41. The molecule has 0 aliphatic carbocycles. The molecule has 0 radical (unpaired) electrons. The molecule has 3 N–H and O–H groups in total. The van der Waals surface area contributed by atoms with Crippen LogP contribution in [-0.4, -0.2) is 13.2 Å². The van der Waals surface area contributed by atoms with Gasteiger partial charge >= 0.3 is 0 Å². The van der Waals surface area contributed by atoms with Crippen LogP contribution in [0.1, 0.15) is 30.0 Å². The normalized spacial score (nSPS) is 16.4. The van der Waals surface area contributed by atoms with Gasteiger partial charge < -0.3 is 15.8 Å². The van der Waals surface area contributed by atoms with Gasteiger partial charge in [0, 0.05) is 31.5 Å². The minimum Gasteiger partial charge on any atom is -0.381 e. The van der Waals surface area contributed by atoms with Crippen LogP contribution in [0.4, 0.5) is 5.69 Å². The van der Waals surface area contributed by atoms with E-state index in [2.05, 4.69) is 53.8 Å². The third-order valence-electron chi connectivity index (χ3n) is 4.41. The molecule has 0 spiro atoms. The Morgan fingerprint density at radius 3 is 2.30 bits per heavy atom. The molecule has 4 heteroatoms. The van der Waals surface area contributed by atoms with Gasteiger partial charge in [0.05, 0.1) is 0 Å². The van der Waals surface area contributed by atoms with Crippen LogP contribution in [0.3, 0.4) is 0 Å². The molecule has 1 heterocycles. The highest BCUT2D eigenvalue weighted by atomic mass is 35.5. The lowest BCUT2D eigenvalue weighted by atomic mass is 9.88. The summed E-state index contributed by atoms with van der Waals surface area (Å²) in [5, 5.41) is 3.45. The second-order valence-electron chi connectivity index (χ2n) is 5.94. The highest BCUT2D eigenvalue weighted by molar-refractivity contribution is 5.85. The predicted molar refractivity (Wildman–Crippen MR) is 97.9 cm³/mol. The Labute approximate surface area is 144 Å². The number of hydrogen-bond acceptors (Lipinski definition) is 3. The summed E-state index contributed by atoms with van der Waals surface area (Å²) in [5.41, 5.74) is 10.0. The van der Waals surface area contributed by atoms with Gasteiger partial charge in [0.2, 0.25) is 0 Å². The molecule has 0 unspecified atom stereocenters. The molecule has 0 amide bonds. The van der Waals surface area contributed by atoms with Crippen LogP contribution >= 0.6 is 12.4 Å². The van der Waals surface area contributed by atoms with Crippen molar-refractivity contribution in [3.8, 4) is 0 Å². The SMILES string of the molecule is Cl.N[C@H](c1ccc(NCc2ccccc2)cc1)C1CCOCC1. The Hall–Kier alpha value is -1.55. The standard InChI is InChI=1S/C19H24N2O.ClH/c20-19(17-10-12-22-13-11-17)16-6-8-18(9-7-16)21-14-15-4-2-1-3-5-15;/h1-9,17,19,21H,10-14,20H2;1H/t19-;/m1./s1. The minimum atomic E-state index is 0. The van der Waals surface area contributed by atoms with E-state index in [1.807, 2.05) is 6.07 Å². The lowest BCUT2D eigenvalue weighted by molar-refractivity contribution is 0.0584. The van der Waals surface area contributed by atoms with Crippen LogP contribution in [0.5, 0.6) is 0 Å². The number of nitrogens with two attached hydrogens (primary N) is 1. The molecule has 1 fully saturated rings. The Bertz CT molecular complexity index is 568.